The van der Waals surface area contributed by atoms with E-state index in [1.54, 1.807) is 0 Å². The molecule has 0 aliphatic carbocycles. The molecule has 0 atom stereocenters. The van der Waals surface area contributed by atoms with Crippen molar-refractivity contribution < 1.29 is 9.90 Å². The Hall–Kier alpha value is -1.36. The van der Waals surface area contributed by atoms with Crippen molar-refractivity contribution in [1.82, 2.24) is 15.1 Å². The number of unbranched alkanes of at least 4 members (excludes halogenated alkanes) is 1. The van der Waals surface area contributed by atoms with E-state index in [0.717, 1.165) is 31.6 Å². The van der Waals surface area contributed by atoms with E-state index in [-0.39, 0.29) is 6.42 Å². The highest BCUT2D eigenvalue weighted by molar-refractivity contribution is 5.66. The lowest BCUT2D eigenvalue weighted by Gasteiger charge is -2.04. The molecule has 0 aliphatic rings. The van der Waals surface area contributed by atoms with Crippen molar-refractivity contribution in [3.8, 4) is 0 Å². The minimum atomic E-state index is -0.719. The molecular weight excluding hydrogens is 218 g/mol. The highest BCUT2D eigenvalue weighted by Crippen LogP contribution is 2.11. The minimum Gasteiger partial charge on any atom is -0.481 e. The molecule has 0 bridgehead atoms. The smallest absolute Gasteiger partial charge is 0.303 e. The van der Waals surface area contributed by atoms with Gasteiger partial charge in [0.2, 0.25) is 0 Å². The number of nitrogens with zero attached hydrogens (tertiary/aromatic N) is 2. The first-order chi connectivity index (χ1) is 8.02. The minimum absolute atomic E-state index is 0.257. The number of rotatable bonds is 7. The third kappa shape index (κ3) is 4.19. The largest absolute Gasteiger partial charge is 0.481 e. The van der Waals surface area contributed by atoms with Gasteiger partial charge in [-0.3, -0.25) is 9.48 Å². The molecule has 1 rings (SSSR count). The van der Waals surface area contributed by atoms with Gasteiger partial charge in [-0.1, -0.05) is 0 Å². The van der Waals surface area contributed by atoms with Crippen molar-refractivity contribution in [1.29, 1.82) is 0 Å². The zero-order valence-electron chi connectivity index (χ0n) is 10.8. The van der Waals surface area contributed by atoms with Crippen LogP contribution in [-0.4, -0.2) is 27.4 Å². The molecule has 0 saturated carbocycles. The summed E-state index contributed by atoms with van der Waals surface area (Å²) < 4.78 is 1.89. The zero-order valence-corrected chi connectivity index (χ0v) is 10.8. The Bertz CT molecular complexity index is 385. The maximum atomic E-state index is 10.3. The Morgan fingerprint density at radius 1 is 1.41 bits per heavy atom. The van der Waals surface area contributed by atoms with E-state index < -0.39 is 5.97 Å². The molecule has 0 fully saturated rings. The number of aliphatic carboxylic acids is 1. The number of aryl methyl sites for hydroxylation is 2. The maximum absolute atomic E-state index is 10.3. The van der Waals surface area contributed by atoms with E-state index in [4.69, 9.17) is 5.11 Å². The topological polar surface area (TPSA) is 67.2 Å². The summed E-state index contributed by atoms with van der Waals surface area (Å²) in [6.07, 6.45) is 1.88. The van der Waals surface area contributed by atoms with Crippen LogP contribution in [0.15, 0.2) is 0 Å². The summed E-state index contributed by atoms with van der Waals surface area (Å²) in [7, 11) is 1.94. The van der Waals surface area contributed by atoms with Crippen LogP contribution in [0.3, 0.4) is 0 Å². The molecule has 0 saturated heterocycles. The first kappa shape index (κ1) is 13.7. The van der Waals surface area contributed by atoms with E-state index in [1.807, 2.05) is 18.7 Å². The van der Waals surface area contributed by atoms with Crippen molar-refractivity contribution >= 4 is 5.97 Å². The van der Waals surface area contributed by atoms with Gasteiger partial charge in [0, 0.05) is 31.3 Å². The molecule has 5 nitrogen and oxygen atoms in total. The number of nitrogens with one attached hydrogen (secondary N) is 1. The fraction of sp³-hybridized carbons (Fsp3) is 0.667. The summed E-state index contributed by atoms with van der Waals surface area (Å²) in [6, 6.07) is 0. The molecule has 0 amide bonds. The Balaban J connectivity index is 2.24. The van der Waals surface area contributed by atoms with Crippen molar-refractivity contribution in [2.24, 2.45) is 7.05 Å². The normalized spacial score (nSPS) is 10.8. The molecule has 2 N–H and O–H groups in total. The summed E-state index contributed by atoms with van der Waals surface area (Å²) in [5, 5.41) is 16.2. The summed E-state index contributed by atoms with van der Waals surface area (Å²) in [6.45, 7) is 5.72. The van der Waals surface area contributed by atoms with E-state index in [1.165, 1.54) is 11.3 Å². The van der Waals surface area contributed by atoms with Gasteiger partial charge in [-0.2, -0.15) is 5.10 Å². The van der Waals surface area contributed by atoms with Gasteiger partial charge in [0.05, 0.1) is 5.69 Å². The van der Waals surface area contributed by atoms with Crippen LogP contribution in [0, 0.1) is 13.8 Å². The van der Waals surface area contributed by atoms with Gasteiger partial charge in [-0.05, 0) is 33.2 Å². The van der Waals surface area contributed by atoms with Crippen molar-refractivity contribution in [2.75, 3.05) is 6.54 Å². The molecule has 0 radical (unpaired) electrons. The van der Waals surface area contributed by atoms with E-state index >= 15 is 0 Å². The molecular formula is C12H21N3O2. The summed E-state index contributed by atoms with van der Waals surface area (Å²) in [5.41, 5.74) is 3.48. The van der Waals surface area contributed by atoms with Crippen LogP contribution < -0.4 is 5.32 Å². The van der Waals surface area contributed by atoms with Crippen LogP contribution in [0.5, 0.6) is 0 Å². The molecule has 1 heterocycles. The van der Waals surface area contributed by atoms with Gasteiger partial charge in [-0.25, -0.2) is 0 Å². The van der Waals surface area contributed by atoms with Crippen LogP contribution in [0.25, 0.3) is 0 Å². The zero-order chi connectivity index (χ0) is 12.8. The first-order valence-corrected chi connectivity index (χ1v) is 5.94. The van der Waals surface area contributed by atoms with E-state index in [0.29, 0.717) is 0 Å². The second-order valence-corrected chi connectivity index (χ2v) is 4.30. The molecule has 0 aromatic carbocycles. The Kier molecular flexibility index (Phi) is 5.15. The number of hydrogen-bond donors (Lipinski definition) is 2. The number of carboxylic acid groups (broad SMARTS) is 1. The molecule has 1 aromatic heterocycles. The Labute approximate surface area is 102 Å². The average molecular weight is 239 g/mol. The molecule has 96 valence electrons. The number of aromatic nitrogens is 2. The van der Waals surface area contributed by atoms with Crippen LogP contribution in [-0.2, 0) is 18.4 Å². The van der Waals surface area contributed by atoms with Crippen LogP contribution >= 0.6 is 0 Å². The van der Waals surface area contributed by atoms with Crippen LogP contribution in [0.4, 0.5) is 0 Å². The second kappa shape index (κ2) is 6.39. The lowest BCUT2D eigenvalue weighted by molar-refractivity contribution is -0.137. The average Bonchev–Trinajstić information content (AvgIpc) is 2.48. The fourth-order valence-electron chi connectivity index (χ4n) is 1.81. The maximum Gasteiger partial charge on any atom is 0.303 e. The molecule has 0 aliphatic heterocycles. The number of hydrogen-bond acceptors (Lipinski definition) is 3. The predicted octanol–water partition coefficient (Wildman–Crippen LogP) is 1.38. The third-order valence-corrected chi connectivity index (χ3v) is 2.95. The number of carbonyl (C=O) groups is 1. The quantitative estimate of drug-likeness (QED) is 0.705. The lowest BCUT2D eigenvalue weighted by atomic mass is 10.2. The van der Waals surface area contributed by atoms with Gasteiger partial charge in [0.25, 0.3) is 0 Å². The highest BCUT2D eigenvalue weighted by Gasteiger charge is 2.07. The lowest BCUT2D eigenvalue weighted by Crippen LogP contribution is -2.16. The molecule has 5 heteroatoms. The first-order valence-electron chi connectivity index (χ1n) is 5.94. The van der Waals surface area contributed by atoms with Crippen LogP contribution in [0.2, 0.25) is 0 Å². The summed E-state index contributed by atoms with van der Waals surface area (Å²) in [4.78, 5) is 10.3. The van der Waals surface area contributed by atoms with Crippen molar-refractivity contribution in [3.63, 3.8) is 0 Å². The molecule has 17 heavy (non-hydrogen) atoms. The fourth-order valence-corrected chi connectivity index (χ4v) is 1.81. The summed E-state index contributed by atoms with van der Waals surface area (Å²) in [5.74, 6) is -0.719. The van der Waals surface area contributed by atoms with Crippen molar-refractivity contribution in [2.45, 2.75) is 39.7 Å². The van der Waals surface area contributed by atoms with Gasteiger partial charge >= 0.3 is 5.97 Å². The highest BCUT2D eigenvalue weighted by atomic mass is 16.4. The molecule has 0 spiro atoms. The van der Waals surface area contributed by atoms with Gasteiger partial charge < -0.3 is 10.4 Å². The SMILES string of the molecule is Cc1nn(C)c(C)c1CNCCCCC(=O)O. The monoisotopic (exact) mass is 239 g/mol. The van der Waals surface area contributed by atoms with Gasteiger partial charge in [-0.15, -0.1) is 0 Å². The van der Waals surface area contributed by atoms with Gasteiger partial charge in [0.15, 0.2) is 0 Å². The van der Waals surface area contributed by atoms with E-state index in [2.05, 4.69) is 17.3 Å². The standard InChI is InChI=1S/C12H21N3O2/c1-9-11(10(2)15(3)14-9)8-13-7-5-4-6-12(16)17/h13H,4-8H2,1-3H3,(H,16,17). The molecule has 1 aromatic rings. The molecule has 0 unspecified atom stereocenters. The Morgan fingerprint density at radius 2 is 2.12 bits per heavy atom. The Morgan fingerprint density at radius 3 is 2.65 bits per heavy atom. The number of carboxylic acids is 1. The second-order valence-electron chi connectivity index (χ2n) is 4.30. The van der Waals surface area contributed by atoms with Crippen molar-refractivity contribution in [3.05, 3.63) is 17.0 Å². The predicted molar refractivity (Wildman–Crippen MR) is 65.9 cm³/mol. The van der Waals surface area contributed by atoms with Crippen LogP contribution in [0.1, 0.15) is 36.2 Å². The third-order valence-electron chi connectivity index (χ3n) is 2.95. The van der Waals surface area contributed by atoms with Gasteiger partial charge in [0.1, 0.15) is 0 Å². The summed E-state index contributed by atoms with van der Waals surface area (Å²) >= 11 is 0. The van der Waals surface area contributed by atoms with E-state index in [9.17, 15) is 4.79 Å².